The van der Waals surface area contributed by atoms with Crippen LogP contribution in [0.2, 0.25) is 0 Å². The zero-order chi connectivity index (χ0) is 18.4. The molecule has 1 N–H and O–H groups in total. The standard InChI is InChI=1S/C20H24N2O4/c1-25-18-5-2-15(3-6-18)4-7-19(23)21-17-8-11-22(12-9-17)20(24)16-10-13-26-14-16/h2-3,5-6,10,13-14,17H,4,7-9,11-12H2,1H3,(H,21,23). The van der Waals surface area contributed by atoms with Crippen LogP contribution in [0.5, 0.6) is 5.75 Å². The van der Waals surface area contributed by atoms with Gasteiger partial charge in [-0.25, -0.2) is 0 Å². The van der Waals surface area contributed by atoms with Gasteiger partial charge in [0.25, 0.3) is 5.91 Å². The Balaban J connectivity index is 1.39. The van der Waals surface area contributed by atoms with Crippen LogP contribution in [-0.4, -0.2) is 43.0 Å². The highest BCUT2D eigenvalue weighted by Gasteiger charge is 2.24. The van der Waals surface area contributed by atoms with E-state index >= 15 is 0 Å². The number of methoxy groups -OCH3 is 1. The summed E-state index contributed by atoms with van der Waals surface area (Å²) in [7, 11) is 1.64. The minimum Gasteiger partial charge on any atom is -0.497 e. The van der Waals surface area contributed by atoms with Crippen LogP contribution in [0.4, 0.5) is 0 Å². The fraction of sp³-hybridized carbons (Fsp3) is 0.400. The molecule has 26 heavy (non-hydrogen) atoms. The molecule has 2 heterocycles. The topological polar surface area (TPSA) is 71.8 Å². The Bertz CT molecular complexity index is 717. The summed E-state index contributed by atoms with van der Waals surface area (Å²) in [6.07, 6.45) is 5.68. The molecule has 1 saturated heterocycles. The van der Waals surface area contributed by atoms with Crippen LogP contribution in [0, 0.1) is 0 Å². The summed E-state index contributed by atoms with van der Waals surface area (Å²) < 4.78 is 10.1. The molecular formula is C20H24N2O4. The van der Waals surface area contributed by atoms with Gasteiger partial charge in [0.15, 0.2) is 0 Å². The molecule has 3 rings (SSSR count). The summed E-state index contributed by atoms with van der Waals surface area (Å²) in [5, 5.41) is 3.09. The largest absolute Gasteiger partial charge is 0.497 e. The van der Waals surface area contributed by atoms with Gasteiger partial charge in [0, 0.05) is 25.6 Å². The lowest BCUT2D eigenvalue weighted by Gasteiger charge is -2.32. The summed E-state index contributed by atoms with van der Waals surface area (Å²) in [5.74, 6) is 0.860. The Morgan fingerprint density at radius 1 is 1.19 bits per heavy atom. The van der Waals surface area contributed by atoms with Crippen molar-refractivity contribution in [2.24, 2.45) is 0 Å². The molecule has 0 saturated carbocycles. The Hall–Kier alpha value is -2.76. The first kappa shape index (κ1) is 18.0. The highest BCUT2D eigenvalue weighted by Crippen LogP contribution is 2.15. The van der Waals surface area contributed by atoms with Gasteiger partial charge in [-0.05, 0) is 43.0 Å². The molecule has 1 aromatic heterocycles. The van der Waals surface area contributed by atoms with E-state index in [2.05, 4.69) is 5.32 Å². The van der Waals surface area contributed by atoms with Crippen LogP contribution in [0.25, 0.3) is 0 Å². The highest BCUT2D eigenvalue weighted by molar-refractivity contribution is 5.93. The number of hydrogen-bond acceptors (Lipinski definition) is 4. The van der Waals surface area contributed by atoms with Crippen LogP contribution in [0.3, 0.4) is 0 Å². The first-order valence-electron chi connectivity index (χ1n) is 8.89. The molecule has 0 spiro atoms. The number of hydrogen-bond donors (Lipinski definition) is 1. The molecule has 6 nitrogen and oxygen atoms in total. The minimum absolute atomic E-state index is 0.0111. The van der Waals surface area contributed by atoms with E-state index in [9.17, 15) is 9.59 Å². The predicted molar refractivity (Wildman–Crippen MR) is 97.1 cm³/mol. The van der Waals surface area contributed by atoms with Crippen LogP contribution >= 0.6 is 0 Å². The molecule has 0 bridgehead atoms. The number of rotatable bonds is 6. The van der Waals surface area contributed by atoms with E-state index in [-0.39, 0.29) is 17.9 Å². The second-order valence-corrected chi connectivity index (χ2v) is 6.49. The normalized spacial score (nSPS) is 14.9. The predicted octanol–water partition coefficient (Wildman–Crippen LogP) is 2.64. The van der Waals surface area contributed by atoms with Crippen LogP contribution < -0.4 is 10.1 Å². The molecule has 0 atom stereocenters. The van der Waals surface area contributed by atoms with E-state index in [0.29, 0.717) is 31.5 Å². The highest BCUT2D eigenvalue weighted by atomic mass is 16.5. The number of aryl methyl sites for hydroxylation is 1. The van der Waals surface area contributed by atoms with E-state index in [0.717, 1.165) is 24.2 Å². The van der Waals surface area contributed by atoms with E-state index in [1.807, 2.05) is 29.2 Å². The molecule has 0 unspecified atom stereocenters. The quantitative estimate of drug-likeness (QED) is 0.864. The van der Waals surface area contributed by atoms with Gasteiger partial charge in [-0.3, -0.25) is 9.59 Å². The molecule has 2 amide bonds. The Morgan fingerprint density at radius 3 is 2.54 bits per heavy atom. The van der Waals surface area contributed by atoms with Crippen LogP contribution in [0.1, 0.15) is 35.2 Å². The van der Waals surface area contributed by atoms with Gasteiger partial charge in [0.05, 0.1) is 18.9 Å². The number of carbonyl (C=O) groups is 2. The van der Waals surface area contributed by atoms with E-state index < -0.39 is 0 Å². The van der Waals surface area contributed by atoms with Crippen molar-refractivity contribution in [1.82, 2.24) is 10.2 Å². The number of furan rings is 1. The van der Waals surface area contributed by atoms with Gasteiger partial charge in [-0.15, -0.1) is 0 Å². The fourth-order valence-electron chi connectivity index (χ4n) is 3.15. The molecule has 1 aliphatic heterocycles. The number of likely N-dealkylation sites (tertiary alicyclic amines) is 1. The zero-order valence-electron chi connectivity index (χ0n) is 14.9. The van der Waals surface area contributed by atoms with E-state index in [1.165, 1.54) is 12.5 Å². The van der Waals surface area contributed by atoms with Gasteiger partial charge < -0.3 is 19.4 Å². The number of carbonyl (C=O) groups excluding carboxylic acids is 2. The van der Waals surface area contributed by atoms with Gasteiger partial charge in [-0.1, -0.05) is 12.1 Å². The lowest BCUT2D eigenvalue weighted by Crippen LogP contribution is -2.46. The van der Waals surface area contributed by atoms with E-state index in [4.69, 9.17) is 9.15 Å². The fourth-order valence-corrected chi connectivity index (χ4v) is 3.15. The SMILES string of the molecule is COc1ccc(CCC(=O)NC2CCN(C(=O)c3ccoc3)CC2)cc1. The van der Waals surface area contributed by atoms with Crippen molar-refractivity contribution in [2.75, 3.05) is 20.2 Å². The number of nitrogens with one attached hydrogen (secondary N) is 1. The second kappa shape index (κ2) is 8.56. The van der Waals surface area contributed by atoms with Crippen molar-refractivity contribution in [3.05, 3.63) is 54.0 Å². The van der Waals surface area contributed by atoms with Crippen molar-refractivity contribution in [2.45, 2.75) is 31.7 Å². The van der Waals surface area contributed by atoms with Crippen molar-refractivity contribution in [3.8, 4) is 5.75 Å². The van der Waals surface area contributed by atoms with Gasteiger partial charge >= 0.3 is 0 Å². The van der Waals surface area contributed by atoms with Crippen LogP contribution in [-0.2, 0) is 11.2 Å². The van der Waals surface area contributed by atoms with Crippen LogP contribution in [0.15, 0.2) is 47.3 Å². The van der Waals surface area contributed by atoms with Crippen molar-refractivity contribution >= 4 is 11.8 Å². The van der Waals surface area contributed by atoms with Crippen molar-refractivity contribution in [3.63, 3.8) is 0 Å². The Morgan fingerprint density at radius 2 is 1.92 bits per heavy atom. The third-order valence-corrected chi connectivity index (χ3v) is 4.72. The van der Waals surface area contributed by atoms with Crippen molar-refractivity contribution in [1.29, 1.82) is 0 Å². The minimum atomic E-state index is -0.0111. The molecular weight excluding hydrogens is 332 g/mol. The molecule has 6 heteroatoms. The third kappa shape index (κ3) is 4.65. The molecule has 1 aliphatic rings. The maximum Gasteiger partial charge on any atom is 0.257 e. The summed E-state index contributed by atoms with van der Waals surface area (Å²) in [4.78, 5) is 26.3. The van der Waals surface area contributed by atoms with E-state index in [1.54, 1.807) is 13.2 Å². The van der Waals surface area contributed by atoms with Crippen molar-refractivity contribution < 1.29 is 18.7 Å². The molecule has 1 aromatic carbocycles. The average molecular weight is 356 g/mol. The summed E-state index contributed by atoms with van der Waals surface area (Å²) in [6, 6.07) is 9.57. The number of benzene rings is 1. The van der Waals surface area contributed by atoms with Gasteiger partial charge in [-0.2, -0.15) is 0 Å². The Labute approximate surface area is 153 Å². The number of piperidine rings is 1. The first-order valence-corrected chi connectivity index (χ1v) is 8.89. The molecule has 0 aliphatic carbocycles. The maximum atomic E-state index is 12.3. The average Bonchev–Trinajstić information content (AvgIpc) is 3.21. The lowest BCUT2D eigenvalue weighted by atomic mass is 10.0. The number of nitrogens with zero attached hydrogens (tertiary/aromatic N) is 1. The number of ether oxygens (including phenoxy) is 1. The third-order valence-electron chi connectivity index (χ3n) is 4.72. The summed E-state index contributed by atoms with van der Waals surface area (Å²) >= 11 is 0. The Kier molecular flexibility index (Phi) is 5.94. The first-order chi connectivity index (χ1) is 12.7. The molecule has 0 radical (unpaired) electrons. The lowest BCUT2D eigenvalue weighted by molar-refractivity contribution is -0.122. The second-order valence-electron chi connectivity index (χ2n) is 6.49. The zero-order valence-corrected chi connectivity index (χ0v) is 14.9. The molecule has 138 valence electrons. The smallest absolute Gasteiger partial charge is 0.257 e. The molecule has 2 aromatic rings. The number of amides is 2. The van der Waals surface area contributed by atoms with Gasteiger partial charge in [0.1, 0.15) is 12.0 Å². The maximum absolute atomic E-state index is 12.3. The van der Waals surface area contributed by atoms with Gasteiger partial charge in [0.2, 0.25) is 5.91 Å². The summed E-state index contributed by atoms with van der Waals surface area (Å²) in [5.41, 5.74) is 1.69. The molecule has 1 fully saturated rings. The monoisotopic (exact) mass is 356 g/mol. The summed E-state index contributed by atoms with van der Waals surface area (Å²) in [6.45, 7) is 1.29.